The summed E-state index contributed by atoms with van der Waals surface area (Å²) in [6.07, 6.45) is 1.67. The molecular weight excluding hydrogens is 132 g/mol. The molecule has 2 N–H and O–H groups in total. The maximum Gasteiger partial charge on any atom is 0.229 e. The van der Waals surface area contributed by atoms with Crippen LogP contribution in [0.4, 0.5) is 0 Å². The van der Waals surface area contributed by atoms with E-state index in [1.54, 1.807) is 0 Å². The van der Waals surface area contributed by atoms with E-state index in [1.165, 1.54) is 0 Å². The summed E-state index contributed by atoms with van der Waals surface area (Å²) in [5, 5.41) is 3.66. The molecule has 0 aromatic rings. The van der Waals surface area contributed by atoms with Crippen LogP contribution in [0.5, 0.6) is 0 Å². The Morgan fingerprint density at radius 1 is 1.70 bits per heavy atom. The molecule has 1 aliphatic rings. The van der Waals surface area contributed by atoms with Crippen LogP contribution in [0.15, 0.2) is 5.16 Å². The second-order valence-electron chi connectivity index (χ2n) is 2.06. The summed E-state index contributed by atoms with van der Waals surface area (Å²) >= 11 is 0. The van der Waals surface area contributed by atoms with Crippen molar-refractivity contribution in [2.45, 2.75) is 12.8 Å². The van der Waals surface area contributed by atoms with Gasteiger partial charge in [-0.05, 0) is 13.0 Å². The summed E-state index contributed by atoms with van der Waals surface area (Å²) in [6, 6.07) is 0. The minimum absolute atomic E-state index is 0.651. The van der Waals surface area contributed by atoms with Gasteiger partial charge in [0.05, 0.1) is 13.0 Å². The molecule has 58 valence electrons. The van der Waals surface area contributed by atoms with Gasteiger partial charge in [0.2, 0.25) is 5.90 Å². The summed E-state index contributed by atoms with van der Waals surface area (Å²) in [5.41, 5.74) is 5.26. The van der Waals surface area contributed by atoms with E-state index in [-0.39, 0.29) is 0 Å². The average molecular weight is 144 g/mol. The van der Waals surface area contributed by atoms with Crippen molar-refractivity contribution >= 4 is 5.90 Å². The molecule has 0 bridgehead atoms. The average Bonchev–Trinajstić information content (AvgIpc) is 2.41. The molecule has 1 rings (SSSR count). The van der Waals surface area contributed by atoms with E-state index >= 15 is 0 Å². The Morgan fingerprint density at radius 3 is 3.20 bits per heavy atom. The number of nitrogens with zero attached hydrogens (tertiary/aromatic N) is 1. The third-order valence-corrected chi connectivity index (χ3v) is 1.19. The van der Waals surface area contributed by atoms with Gasteiger partial charge in [0.1, 0.15) is 6.61 Å². The molecule has 0 saturated carbocycles. The number of ether oxygens (including phenoxy) is 1. The highest BCUT2D eigenvalue weighted by atomic mass is 16.7. The largest absolute Gasteiger partial charge is 0.479 e. The zero-order valence-corrected chi connectivity index (χ0v) is 5.88. The highest BCUT2D eigenvalue weighted by Crippen LogP contribution is 2.00. The van der Waals surface area contributed by atoms with Gasteiger partial charge in [0, 0.05) is 0 Å². The van der Waals surface area contributed by atoms with Crippen LogP contribution in [0.25, 0.3) is 0 Å². The first-order valence-corrected chi connectivity index (χ1v) is 3.45. The number of hydrogen-bond acceptors (Lipinski definition) is 4. The van der Waals surface area contributed by atoms with Gasteiger partial charge in [-0.15, -0.1) is 0 Å². The van der Waals surface area contributed by atoms with Gasteiger partial charge >= 0.3 is 0 Å². The molecule has 0 atom stereocenters. The van der Waals surface area contributed by atoms with Crippen LogP contribution in [0.2, 0.25) is 0 Å². The molecule has 0 fully saturated rings. The predicted molar refractivity (Wildman–Crippen MR) is 37.6 cm³/mol. The molecule has 4 nitrogen and oxygen atoms in total. The Balaban J connectivity index is 2.01. The zero-order chi connectivity index (χ0) is 7.23. The maximum atomic E-state index is 5.26. The lowest BCUT2D eigenvalue weighted by atomic mass is 10.4. The Hall–Kier alpha value is -0.770. The van der Waals surface area contributed by atoms with Crippen LogP contribution in [0, 0.1) is 0 Å². The van der Waals surface area contributed by atoms with Crippen LogP contribution >= 0.6 is 0 Å². The van der Waals surface area contributed by atoms with E-state index in [0.29, 0.717) is 25.7 Å². The lowest BCUT2D eigenvalue weighted by Gasteiger charge is -2.00. The molecular formula is C6H12N2O2. The molecule has 0 aromatic heterocycles. The van der Waals surface area contributed by atoms with E-state index < -0.39 is 0 Å². The van der Waals surface area contributed by atoms with Crippen LogP contribution in [0.1, 0.15) is 12.8 Å². The molecule has 0 spiro atoms. The monoisotopic (exact) mass is 144 g/mol. The van der Waals surface area contributed by atoms with Crippen molar-refractivity contribution in [1.29, 1.82) is 0 Å². The van der Waals surface area contributed by atoms with Crippen molar-refractivity contribution in [3.05, 3.63) is 0 Å². The first-order valence-electron chi connectivity index (χ1n) is 3.45. The third-order valence-electron chi connectivity index (χ3n) is 1.19. The number of oxime groups is 1. The minimum atomic E-state index is 0.651. The molecule has 0 aliphatic carbocycles. The Morgan fingerprint density at radius 2 is 2.60 bits per heavy atom. The van der Waals surface area contributed by atoms with E-state index in [0.717, 1.165) is 12.8 Å². The van der Waals surface area contributed by atoms with Gasteiger partial charge in [-0.25, -0.2) is 0 Å². The molecule has 0 aromatic carbocycles. The quantitative estimate of drug-likeness (QED) is 0.571. The third kappa shape index (κ3) is 2.23. The molecule has 0 unspecified atom stereocenters. The second kappa shape index (κ2) is 4.11. The van der Waals surface area contributed by atoms with Crippen molar-refractivity contribution in [2.24, 2.45) is 10.9 Å². The van der Waals surface area contributed by atoms with Gasteiger partial charge in [0.15, 0.2) is 0 Å². The number of hydrogen-bond donors (Lipinski definition) is 1. The predicted octanol–water partition coefficient (Wildman–Crippen LogP) is 0.0856. The summed E-state index contributed by atoms with van der Waals surface area (Å²) in [6.45, 7) is 1.96. The maximum absolute atomic E-state index is 5.26. The fraction of sp³-hybridized carbons (Fsp3) is 0.833. The molecule has 1 aliphatic heterocycles. The Bertz CT molecular complexity index is 125. The van der Waals surface area contributed by atoms with Gasteiger partial charge in [-0.1, -0.05) is 5.16 Å². The highest BCUT2D eigenvalue weighted by Gasteiger charge is 2.07. The van der Waals surface area contributed by atoms with E-state index in [9.17, 15) is 0 Å². The first kappa shape index (κ1) is 7.34. The van der Waals surface area contributed by atoms with Gasteiger partial charge in [-0.2, -0.15) is 0 Å². The summed E-state index contributed by atoms with van der Waals surface area (Å²) < 4.78 is 5.19. The molecule has 0 amide bonds. The summed E-state index contributed by atoms with van der Waals surface area (Å²) in [7, 11) is 0. The van der Waals surface area contributed by atoms with Crippen molar-refractivity contribution in [2.75, 3.05) is 19.8 Å². The fourth-order valence-electron chi connectivity index (χ4n) is 0.668. The topological polar surface area (TPSA) is 56.8 Å². The normalized spacial score (nSPS) is 16.3. The van der Waals surface area contributed by atoms with E-state index in [4.69, 9.17) is 15.3 Å². The lowest BCUT2D eigenvalue weighted by molar-refractivity contribution is 0.171. The lowest BCUT2D eigenvalue weighted by Crippen LogP contribution is -2.08. The molecule has 0 radical (unpaired) electrons. The summed E-state index contributed by atoms with van der Waals surface area (Å²) in [5.74, 6) is 0.702. The van der Waals surface area contributed by atoms with Crippen LogP contribution in [-0.4, -0.2) is 25.7 Å². The Kier molecular flexibility index (Phi) is 3.02. The van der Waals surface area contributed by atoms with E-state index in [2.05, 4.69) is 5.16 Å². The van der Waals surface area contributed by atoms with Gasteiger partial charge in [-0.3, -0.25) is 0 Å². The van der Waals surface area contributed by atoms with Gasteiger partial charge < -0.3 is 15.3 Å². The Labute approximate surface area is 60.0 Å². The SMILES string of the molecule is NCCCOC1=NOCC1. The molecule has 4 heteroatoms. The number of nitrogens with two attached hydrogens (primary N) is 1. The number of rotatable bonds is 3. The first-order chi connectivity index (χ1) is 4.93. The molecule has 0 saturated heterocycles. The van der Waals surface area contributed by atoms with Crippen molar-refractivity contribution in [1.82, 2.24) is 0 Å². The zero-order valence-electron chi connectivity index (χ0n) is 5.88. The van der Waals surface area contributed by atoms with Gasteiger partial charge in [0.25, 0.3) is 0 Å². The standard InChI is InChI=1S/C6H12N2O2/c7-3-1-4-9-6-2-5-10-8-6/h1-5,7H2. The van der Waals surface area contributed by atoms with Crippen molar-refractivity contribution < 1.29 is 9.57 Å². The molecule has 10 heavy (non-hydrogen) atoms. The minimum Gasteiger partial charge on any atom is -0.479 e. The second-order valence-corrected chi connectivity index (χ2v) is 2.06. The van der Waals surface area contributed by atoms with Crippen LogP contribution in [0.3, 0.4) is 0 Å². The smallest absolute Gasteiger partial charge is 0.229 e. The van der Waals surface area contributed by atoms with Crippen molar-refractivity contribution in [3.8, 4) is 0 Å². The van der Waals surface area contributed by atoms with E-state index in [1.807, 2.05) is 0 Å². The summed E-state index contributed by atoms with van der Waals surface area (Å²) in [4.78, 5) is 4.72. The fourth-order valence-corrected chi connectivity index (χ4v) is 0.668. The van der Waals surface area contributed by atoms with Crippen LogP contribution < -0.4 is 5.73 Å². The van der Waals surface area contributed by atoms with Crippen LogP contribution in [-0.2, 0) is 9.57 Å². The van der Waals surface area contributed by atoms with Crippen molar-refractivity contribution in [3.63, 3.8) is 0 Å². The highest BCUT2D eigenvalue weighted by molar-refractivity contribution is 5.76. The molecule has 1 heterocycles.